The van der Waals surface area contributed by atoms with Gasteiger partial charge in [0.15, 0.2) is 0 Å². The molecule has 19 heavy (non-hydrogen) atoms. The molecule has 0 aliphatic rings. The lowest BCUT2D eigenvalue weighted by Gasteiger charge is -2.09. The third kappa shape index (κ3) is 1.87. The Morgan fingerprint density at radius 2 is 2.11 bits per heavy atom. The Bertz CT molecular complexity index is 744. The monoisotopic (exact) mass is 257 g/mol. The Labute approximate surface area is 108 Å². The summed E-state index contributed by atoms with van der Waals surface area (Å²) in [5, 5.41) is 17.0. The van der Waals surface area contributed by atoms with Crippen LogP contribution in [0.4, 0.5) is 0 Å². The molecule has 1 unspecified atom stereocenters. The minimum Gasteiger partial charge on any atom is -0.475 e. The van der Waals surface area contributed by atoms with Crippen molar-refractivity contribution in [1.82, 2.24) is 15.0 Å². The van der Waals surface area contributed by atoms with E-state index in [0.717, 1.165) is 11.0 Å². The zero-order chi connectivity index (χ0) is 13.4. The summed E-state index contributed by atoms with van der Waals surface area (Å²) in [7, 11) is 0. The molecule has 2 heterocycles. The van der Waals surface area contributed by atoms with Crippen molar-refractivity contribution in [2.24, 2.45) is 0 Å². The molecule has 0 aliphatic heterocycles. The lowest BCUT2D eigenvalue weighted by atomic mass is 10.2. The molecule has 0 aliphatic carbocycles. The minimum absolute atomic E-state index is 0.0775. The molecule has 6 nitrogen and oxygen atoms in total. The van der Waals surface area contributed by atoms with E-state index < -0.39 is 5.97 Å². The number of aromatic nitrogens is 3. The van der Waals surface area contributed by atoms with E-state index in [1.807, 2.05) is 31.2 Å². The summed E-state index contributed by atoms with van der Waals surface area (Å²) >= 11 is 0. The van der Waals surface area contributed by atoms with E-state index in [-0.39, 0.29) is 11.8 Å². The van der Waals surface area contributed by atoms with E-state index in [2.05, 4.69) is 10.3 Å². The predicted octanol–water partition coefficient (Wildman–Crippen LogP) is 2.33. The molecule has 1 atom stereocenters. The first-order valence-electron chi connectivity index (χ1n) is 5.80. The second kappa shape index (κ2) is 4.24. The molecule has 2 aromatic heterocycles. The topological polar surface area (TPSA) is 81.1 Å². The molecule has 0 spiro atoms. The van der Waals surface area contributed by atoms with E-state index in [9.17, 15) is 4.79 Å². The van der Waals surface area contributed by atoms with E-state index in [4.69, 9.17) is 9.52 Å². The summed E-state index contributed by atoms with van der Waals surface area (Å²) in [6.45, 7) is 1.88. The van der Waals surface area contributed by atoms with Gasteiger partial charge in [0.1, 0.15) is 17.3 Å². The van der Waals surface area contributed by atoms with Crippen LogP contribution in [-0.4, -0.2) is 26.1 Å². The number of hydrogen-bond donors (Lipinski definition) is 1. The molecule has 0 fully saturated rings. The highest BCUT2D eigenvalue weighted by Crippen LogP contribution is 2.23. The highest BCUT2D eigenvalue weighted by Gasteiger charge is 2.18. The molecule has 3 rings (SSSR count). The maximum Gasteiger partial charge on any atom is 0.371 e. The Hall–Kier alpha value is -2.63. The first-order chi connectivity index (χ1) is 9.16. The zero-order valence-corrected chi connectivity index (χ0v) is 10.1. The highest BCUT2D eigenvalue weighted by atomic mass is 16.4. The normalized spacial score (nSPS) is 12.7. The number of carboxylic acids is 1. The first kappa shape index (κ1) is 11.5. The van der Waals surface area contributed by atoms with Crippen LogP contribution in [0.5, 0.6) is 0 Å². The van der Waals surface area contributed by atoms with Gasteiger partial charge in [0.25, 0.3) is 0 Å². The van der Waals surface area contributed by atoms with Gasteiger partial charge in [-0.05, 0) is 31.2 Å². The third-order valence-electron chi connectivity index (χ3n) is 2.99. The van der Waals surface area contributed by atoms with Crippen LogP contribution < -0.4 is 0 Å². The van der Waals surface area contributed by atoms with Gasteiger partial charge in [-0.1, -0.05) is 17.3 Å². The van der Waals surface area contributed by atoms with Crippen molar-refractivity contribution in [2.75, 3.05) is 0 Å². The summed E-state index contributed by atoms with van der Waals surface area (Å²) in [6.07, 6.45) is 0. The molecule has 96 valence electrons. The lowest BCUT2D eigenvalue weighted by molar-refractivity contribution is 0.0659. The number of para-hydroxylation sites is 1. The molecule has 0 saturated carbocycles. The van der Waals surface area contributed by atoms with Crippen LogP contribution in [0.1, 0.15) is 29.3 Å². The molecule has 0 radical (unpaired) electrons. The average molecular weight is 257 g/mol. The molecule has 0 bridgehead atoms. The quantitative estimate of drug-likeness (QED) is 0.778. The summed E-state index contributed by atoms with van der Waals surface area (Å²) in [5.74, 6) is -0.624. The molecule has 1 N–H and O–H groups in total. The fourth-order valence-electron chi connectivity index (χ4n) is 1.99. The van der Waals surface area contributed by atoms with Crippen LogP contribution in [0, 0.1) is 0 Å². The van der Waals surface area contributed by atoms with E-state index in [0.29, 0.717) is 5.76 Å². The van der Waals surface area contributed by atoms with Gasteiger partial charge in [-0.3, -0.25) is 0 Å². The van der Waals surface area contributed by atoms with Crippen LogP contribution in [-0.2, 0) is 0 Å². The van der Waals surface area contributed by atoms with E-state index >= 15 is 0 Å². The minimum atomic E-state index is -1.08. The fourth-order valence-corrected chi connectivity index (χ4v) is 1.99. The number of nitrogens with zero attached hydrogens (tertiary/aromatic N) is 3. The molecule has 1 aromatic carbocycles. The fraction of sp³-hybridized carbons (Fsp3) is 0.154. The SMILES string of the molecule is CC(c1ccc(C(=O)O)o1)n1nnc2ccccc21. The summed E-state index contributed by atoms with van der Waals surface area (Å²) in [6, 6.07) is 10.4. The number of furan rings is 1. The van der Waals surface area contributed by atoms with Crippen molar-refractivity contribution in [3.63, 3.8) is 0 Å². The van der Waals surface area contributed by atoms with Gasteiger partial charge in [-0.2, -0.15) is 0 Å². The second-order valence-corrected chi connectivity index (χ2v) is 4.21. The van der Waals surface area contributed by atoms with Crippen molar-refractivity contribution in [2.45, 2.75) is 13.0 Å². The van der Waals surface area contributed by atoms with Crippen LogP contribution in [0.2, 0.25) is 0 Å². The van der Waals surface area contributed by atoms with Crippen molar-refractivity contribution in [1.29, 1.82) is 0 Å². The predicted molar refractivity (Wildman–Crippen MR) is 67.0 cm³/mol. The largest absolute Gasteiger partial charge is 0.475 e. The van der Waals surface area contributed by atoms with Crippen LogP contribution in [0.25, 0.3) is 11.0 Å². The number of aromatic carboxylic acids is 1. The van der Waals surface area contributed by atoms with Gasteiger partial charge >= 0.3 is 5.97 Å². The number of carboxylic acid groups (broad SMARTS) is 1. The van der Waals surface area contributed by atoms with Gasteiger partial charge in [0.05, 0.1) is 5.52 Å². The van der Waals surface area contributed by atoms with E-state index in [1.54, 1.807) is 10.7 Å². The number of rotatable bonds is 3. The van der Waals surface area contributed by atoms with Crippen molar-refractivity contribution in [3.8, 4) is 0 Å². The average Bonchev–Trinajstić information content (AvgIpc) is 3.05. The van der Waals surface area contributed by atoms with Gasteiger partial charge < -0.3 is 9.52 Å². The maximum absolute atomic E-state index is 10.8. The maximum atomic E-state index is 10.8. The Kier molecular flexibility index (Phi) is 2.56. The molecular weight excluding hydrogens is 246 g/mol. The molecule has 6 heteroatoms. The van der Waals surface area contributed by atoms with Crippen molar-refractivity contribution < 1.29 is 14.3 Å². The van der Waals surface area contributed by atoms with Crippen LogP contribution >= 0.6 is 0 Å². The Morgan fingerprint density at radius 1 is 1.32 bits per heavy atom. The van der Waals surface area contributed by atoms with Gasteiger partial charge in [-0.25, -0.2) is 9.48 Å². The zero-order valence-electron chi connectivity index (χ0n) is 10.1. The van der Waals surface area contributed by atoms with Crippen LogP contribution in [0.15, 0.2) is 40.8 Å². The number of fused-ring (bicyclic) bond motifs is 1. The van der Waals surface area contributed by atoms with Crippen molar-refractivity contribution in [3.05, 3.63) is 47.9 Å². The first-order valence-corrected chi connectivity index (χ1v) is 5.80. The van der Waals surface area contributed by atoms with E-state index in [1.165, 1.54) is 6.07 Å². The third-order valence-corrected chi connectivity index (χ3v) is 2.99. The molecule has 3 aromatic rings. The number of benzene rings is 1. The number of carbonyl (C=O) groups is 1. The van der Waals surface area contributed by atoms with Crippen molar-refractivity contribution >= 4 is 17.0 Å². The summed E-state index contributed by atoms with van der Waals surface area (Å²) < 4.78 is 7.00. The molecule has 0 saturated heterocycles. The summed E-state index contributed by atoms with van der Waals surface area (Å²) in [5.41, 5.74) is 1.67. The standard InChI is InChI=1S/C13H11N3O3/c1-8(11-6-7-12(19-11)13(17)18)16-10-5-3-2-4-9(10)14-15-16/h2-8H,1H3,(H,17,18). The van der Waals surface area contributed by atoms with Crippen LogP contribution in [0.3, 0.4) is 0 Å². The Morgan fingerprint density at radius 3 is 2.84 bits per heavy atom. The second-order valence-electron chi connectivity index (χ2n) is 4.21. The molecule has 0 amide bonds. The molecular formula is C13H11N3O3. The smallest absolute Gasteiger partial charge is 0.371 e. The number of hydrogen-bond acceptors (Lipinski definition) is 4. The van der Waals surface area contributed by atoms with Gasteiger partial charge in [-0.15, -0.1) is 5.10 Å². The lowest BCUT2D eigenvalue weighted by Crippen LogP contribution is -2.07. The van der Waals surface area contributed by atoms with Gasteiger partial charge in [0, 0.05) is 0 Å². The highest BCUT2D eigenvalue weighted by molar-refractivity contribution is 5.84. The van der Waals surface area contributed by atoms with Gasteiger partial charge in [0.2, 0.25) is 5.76 Å². The Balaban J connectivity index is 2.03. The summed E-state index contributed by atoms with van der Waals surface area (Å²) in [4.78, 5) is 10.8.